The average molecular weight is 449 g/mol. The molecule has 1 aliphatic heterocycles. The first kappa shape index (κ1) is 26.1. The summed E-state index contributed by atoms with van der Waals surface area (Å²) in [7, 11) is 5.22. The number of hydrogen-bond donors (Lipinski definition) is 1. The van der Waals surface area contributed by atoms with Gasteiger partial charge in [0.2, 0.25) is 0 Å². The zero-order chi connectivity index (χ0) is 22.9. The van der Waals surface area contributed by atoms with Crippen molar-refractivity contribution >= 4 is 0 Å². The molecule has 0 unspecified atom stereocenters. The second-order valence-electron chi connectivity index (χ2n) is 8.60. The van der Waals surface area contributed by atoms with E-state index in [0.717, 1.165) is 52.4 Å². The Morgan fingerprint density at radius 3 is 2.52 bits per heavy atom. The van der Waals surface area contributed by atoms with Gasteiger partial charge in [-0.25, -0.2) is 0 Å². The van der Waals surface area contributed by atoms with Gasteiger partial charge in [-0.2, -0.15) is 18.3 Å². The van der Waals surface area contributed by atoms with Crippen LogP contribution in [0.1, 0.15) is 61.9 Å². The molecule has 2 aliphatic rings. The van der Waals surface area contributed by atoms with Crippen molar-refractivity contribution in [3.05, 3.63) is 17.0 Å². The van der Waals surface area contributed by atoms with E-state index >= 15 is 0 Å². The second-order valence-corrected chi connectivity index (χ2v) is 8.60. The number of nitrogens with one attached hydrogen (secondary N) is 1. The molecule has 1 aromatic heterocycles. The fourth-order valence-electron chi connectivity index (χ4n) is 4.47. The van der Waals surface area contributed by atoms with E-state index in [2.05, 4.69) is 33.6 Å². The first-order valence-electron chi connectivity index (χ1n) is 11.3. The van der Waals surface area contributed by atoms with Gasteiger partial charge in [-0.3, -0.25) is 9.58 Å². The topological polar surface area (TPSA) is 51.6 Å². The fourth-order valence-corrected chi connectivity index (χ4v) is 4.47. The quantitative estimate of drug-likeness (QED) is 0.653. The van der Waals surface area contributed by atoms with Crippen molar-refractivity contribution in [2.75, 3.05) is 47.5 Å². The van der Waals surface area contributed by atoms with Crippen LogP contribution in [-0.2, 0) is 29.2 Å². The van der Waals surface area contributed by atoms with Gasteiger partial charge >= 0.3 is 6.18 Å². The minimum atomic E-state index is -4.17. The highest BCUT2D eigenvalue weighted by Crippen LogP contribution is 2.40. The normalized spacial score (nSPS) is 21.5. The first-order valence-corrected chi connectivity index (χ1v) is 11.3. The summed E-state index contributed by atoms with van der Waals surface area (Å²) in [5, 5.41) is 8.22. The summed E-state index contributed by atoms with van der Waals surface area (Å²) in [6.07, 6.45) is 2.56. The lowest BCUT2D eigenvalue weighted by Crippen LogP contribution is -2.27. The molecule has 3 rings (SSSR count). The predicted molar refractivity (Wildman–Crippen MR) is 115 cm³/mol. The molecule has 180 valence electrons. The maximum absolute atomic E-state index is 10.9. The monoisotopic (exact) mass is 448 g/mol. The Labute approximate surface area is 184 Å². The van der Waals surface area contributed by atoms with Crippen LogP contribution in [0.5, 0.6) is 0 Å². The lowest BCUT2D eigenvalue weighted by atomic mass is 9.77. The minimum absolute atomic E-state index is 0.686. The molecular formula is C22H39F3N4O2. The maximum Gasteiger partial charge on any atom is 0.411 e. The largest absolute Gasteiger partial charge is 0.411 e. The van der Waals surface area contributed by atoms with Crippen molar-refractivity contribution in [1.82, 2.24) is 20.0 Å². The molecule has 0 amide bonds. The lowest BCUT2D eigenvalue weighted by molar-refractivity contribution is -0.167. The number of likely N-dealkylation sites (N-methyl/N-ethyl adjacent to an activating group) is 2. The number of fused-ring (bicyclic) bond motifs is 1. The van der Waals surface area contributed by atoms with Crippen LogP contribution in [0, 0.1) is 5.92 Å². The first-order chi connectivity index (χ1) is 14.8. The van der Waals surface area contributed by atoms with Crippen LogP contribution < -0.4 is 5.32 Å². The molecular weight excluding hydrogens is 409 g/mol. The van der Waals surface area contributed by atoms with E-state index in [9.17, 15) is 13.2 Å². The van der Waals surface area contributed by atoms with E-state index in [0.29, 0.717) is 5.92 Å². The average Bonchev–Trinajstić information content (AvgIpc) is 3.09. The van der Waals surface area contributed by atoms with Crippen molar-refractivity contribution in [1.29, 1.82) is 0 Å². The SMILES string of the molecule is CCC1CCC(c2c(CN(C)CCNC)nn3c2COCC3)CC1.COCC(F)(F)F. The molecule has 2 heterocycles. The third-order valence-corrected chi connectivity index (χ3v) is 6.16. The molecule has 0 spiro atoms. The van der Waals surface area contributed by atoms with Crippen LogP contribution in [0.4, 0.5) is 13.2 Å². The number of methoxy groups -OCH3 is 1. The highest BCUT2D eigenvalue weighted by Gasteiger charge is 2.30. The van der Waals surface area contributed by atoms with Crippen LogP contribution in [-0.4, -0.2) is 68.4 Å². The Kier molecular flexibility index (Phi) is 10.7. The van der Waals surface area contributed by atoms with E-state index in [1.807, 2.05) is 7.05 Å². The summed E-state index contributed by atoms with van der Waals surface area (Å²) >= 11 is 0. The Hall–Kier alpha value is -1.16. The Morgan fingerprint density at radius 1 is 1.26 bits per heavy atom. The molecule has 31 heavy (non-hydrogen) atoms. The molecule has 1 N–H and O–H groups in total. The molecule has 1 aliphatic carbocycles. The van der Waals surface area contributed by atoms with Gasteiger partial charge in [0.05, 0.1) is 31.1 Å². The number of halogens is 3. The van der Waals surface area contributed by atoms with Crippen molar-refractivity contribution in [2.24, 2.45) is 5.92 Å². The molecule has 0 bridgehead atoms. The Bertz CT molecular complexity index is 643. The van der Waals surface area contributed by atoms with Gasteiger partial charge in [-0.1, -0.05) is 13.3 Å². The summed E-state index contributed by atoms with van der Waals surface area (Å²) < 4.78 is 44.6. The number of rotatable bonds is 8. The lowest BCUT2D eigenvalue weighted by Gasteiger charge is -2.29. The van der Waals surface area contributed by atoms with Crippen LogP contribution in [0.25, 0.3) is 0 Å². The van der Waals surface area contributed by atoms with Crippen LogP contribution in [0.3, 0.4) is 0 Å². The van der Waals surface area contributed by atoms with E-state index in [1.54, 1.807) is 0 Å². The number of ether oxygens (including phenoxy) is 2. The van der Waals surface area contributed by atoms with Gasteiger partial charge in [0.1, 0.15) is 6.61 Å². The highest BCUT2D eigenvalue weighted by atomic mass is 19.4. The molecule has 0 atom stereocenters. The molecule has 0 saturated heterocycles. The van der Waals surface area contributed by atoms with Gasteiger partial charge < -0.3 is 14.8 Å². The van der Waals surface area contributed by atoms with Gasteiger partial charge in [-0.15, -0.1) is 0 Å². The van der Waals surface area contributed by atoms with Crippen molar-refractivity contribution in [2.45, 2.75) is 70.8 Å². The van der Waals surface area contributed by atoms with Gasteiger partial charge in [0.25, 0.3) is 0 Å². The maximum atomic E-state index is 10.9. The van der Waals surface area contributed by atoms with Crippen LogP contribution in [0.15, 0.2) is 0 Å². The smallest absolute Gasteiger partial charge is 0.375 e. The number of hydrogen-bond acceptors (Lipinski definition) is 5. The molecule has 0 aromatic carbocycles. The molecule has 6 nitrogen and oxygen atoms in total. The molecule has 1 fully saturated rings. The number of nitrogens with zero attached hydrogens (tertiary/aromatic N) is 3. The third kappa shape index (κ3) is 8.36. The van der Waals surface area contributed by atoms with E-state index in [1.165, 1.54) is 49.1 Å². The van der Waals surface area contributed by atoms with E-state index in [-0.39, 0.29) is 0 Å². The fraction of sp³-hybridized carbons (Fsp3) is 0.864. The zero-order valence-corrected chi connectivity index (χ0v) is 19.4. The Morgan fingerprint density at radius 2 is 1.97 bits per heavy atom. The predicted octanol–water partition coefficient (Wildman–Crippen LogP) is 3.94. The van der Waals surface area contributed by atoms with E-state index < -0.39 is 12.8 Å². The minimum Gasteiger partial charge on any atom is -0.375 e. The summed E-state index contributed by atoms with van der Waals surface area (Å²) in [6, 6.07) is 0. The molecule has 1 aromatic rings. The number of alkyl halides is 3. The standard InChI is InChI=1S/C19H34N4O.C3H5F3O/c1-4-15-5-7-16(8-6-15)19-17(13-22(3)10-9-20-2)21-23-11-12-24-14-18(19)23;1-7-2-3(4,5)6/h15-16,20H,4-14H2,1-3H3;2H2,1H3. The van der Waals surface area contributed by atoms with Crippen LogP contribution >= 0.6 is 0 Å². The van der Waals surface area contributed by atoms with Crippen molar-refractivity contribution in [3.8, 4) is 0 Å². The van der Waals surface area contributed by atoms with Gasteiger partial charge in [-0.05, 0) is 51.6 Å². The zero-order valence-electron chi connectivity index (χ0n) is 19.4. The van der Waals surface area contributed by atoms with Crippen molar-refractivity contribution < 1.29 is 22.6 Å². The third-order valence-electron chi connectivity index (χ3n) is 6.16. The highest BCUT2D eigenvalue weighted by molar-refractivity contribution is 5.31. The second kappa shape index (κ2) is 12.8. The number of aromatic nitrogens is 2. The van der Waals surface area contributed by atoms with Gasteiger partial charge in [0.15, 0.2) is 0 Å². The summed E-state index contributed by atoms with van der Waals surface area (Å²) in [5.74, 6) is 1.62. The van der Waals surface area contributed by atoms with Crippen LogP contribution in [0.2, 0.25) is 0 Å². The summed E-state index contributed by atoms with van der Waals surface area (Å²) in [4.78, 5) is 2.38. The van der Waals surface area contributed by atoms with Crippen molar-refractivity contribution in [3.63, 3.8) is 0 Å². The molecule has 0 radical (unpaired) electrons. The van der Waals surface area contributed by atoms with Gasteiger partial charge in [0, 0.05) is 32.3 Å². The summed E-state index contributed by atoms with van der Waals surface area (Å²) in [5.41, 5.74) is 4.19. The Balaban J connectivity index is 0.000000423. The molecule has 1 saturated carbocycles. The van der Waals surface area contributed by atoms with E-state index in [4.69, 9.17) is 9.84 Å². The summed E-state index contributed by atoms with van der Waals surface area (Å²) in [6.45, 7) is 6.65. The molecule has 9 heteroatoms.